The molecule has 4 heteroatoms. The first-order valence-corrected chi connectivity index (χ1v) is 8.66. The summed E-state index contributed by atoms with van der Waals surface area (Å²) in [7, 11) is 0. The fraction of sp³-hybridized carbons (Fsp3) is 0.368. The summed E-state index contributed by atoms with van der Waals surface area (Å²) in [4.78, 5) is 0. The van der Waals surface area contributed by atoms with E-state index in [1.165, 1.54) is 12.0 Å². The highest BCUT2D eigenvalue weighted by Gasteiger charge is 2.03. The van der Waals surface area contributed by atoms with Gasteiger partial charge in [0, 0.05) is 22.2 Å². The van der Waals surface area contributed by atoms with Crippen LogP contribution in [0.4, 0.5) is 0 Å². The molecule has 0 atom stereocenters. The first-order chi connectivity index (χ1) is 11.0. The number of hydrogen-bond donors (Lipinski definition) is 1. The van der Waals surface area contributed by atoms with Gasteiger partial charge in [0.05, 0.1) is 0 Å². The summed E-state index contributed by atoms with van der Waals surface area (Å²) in [5.74, 6) is 1.57. The maximum absolute atomic E-state index is 6.14. The van der Waals surface area contributed by atoms with Crippen LogP contribution in [0.5, 0.6) is 5.75 Å². The molecule has 2 rings (SSSR count). The van der Waals surface area contributed by atoms with Gasteiger partial charge in [-0.15, -0.1) is 0 Å². The number of hydrogen-bond acceptors (Lipinski definition) is 2. The second-order valence-electron chi connectivity index (χ2n) is 6.03. The molecule has 23 heavy (non-hydrogen) atoms. The molecule has 0 bridgehead atoms. The summed E-state index contributed by atoms with van der Waals surface area (Å²) < 4.78 is 5.78. The molecule has 0 saturated heterocycles. The van der Waals surface area contributed by atoms with E-state index in [1.54, 1.807) is 6.07 Å². The SMILES string of the molecule is CC(C)CCNCc1ccc(OCc2ccc(Cl)cc2Cl)cc1. The minimum Gasteiger partial charge on any atom is -0.489 e. The van der Waals surface area contributed by atoms with E-state index in [1.807, 2.05) is 24.3 Å². The van der Waals surface area contributed by atoms with E-state index >= 15 is 0 Å². The summed E-state index contributed by atoms with van der Waals surface area (Å²) in [6.07, 6.45) is 1.20. The monoisotopic (exact) mass is 351 g/mol. The van der Waals surface area contributed by atoms with Crippen molar-refractivity contribution in [3.8, 4) is 5.75 Å². The van der Waals surface area contributed by atoms with Gasteiger partial charge in [-0.05, 0) is 48.7 Å². The van der Waals surface area contributed by atoms with Gasteiger partial charge in [-0.2, -0.15) is 0 Å². The highest BCUT2D eigenvalue weighted by Crippen LogP contribution is 2.22. The fourth-order valence-electron chi connectivity index (χ4n) is 2.13. The Hall–Kier alpha value is -1.22. The van der Waals surface area contributed by atoms with E-state index in [0.29, 0.717) is 16.7 Å². The smallest absolute Gasteiger partial charge is 0.119 e. The normalized spacial score (nSPS) is 11.0. The van der Waals surface area contributed by atoms with Crippen LogP contribution in [0.1, 0.15) is 31.4 Å². The maximum atomic E-state index is 6.14. The molecule has 2 nitrogen and oxygen atoms in total. The second-order valence-corrected chi connectivity index (χ2v) is 6.87. The van der Waals surface area contributed by atoms with Crippen LogP contribution in [0.15, 0.2) is 42.5 Å². The molecule has 1 N–H and O–H groups in total. The molecule has 0 unspecified atom stereocenters. The lowest BCUT2D eigenvalue weighted by Gasteiger charge is -2.10. The van der Waals surface area contributed by atoms with Gasteiger partial charge in [-0.1, -0.05) is 55.2 Å². The van der Waals surface area contributed by atoms with Crippen molar-refractivity contribution in [1.29, 1.82) is 0 Å². The van der Waals surface area contributed by atoms with Crippen LogP contribution >= 0.6 is 23.2 Å². The largest absolute Gasteiger partial charge is 0.489 e. The zero-order valence-corrected chi connectivity index (χ0v) is 15.1. The Morgan fingerprint density at radius 3 is 2.43 bits per heavy atom. The lowest BCUT2D eigenvalue weighted by atomic mass is 10.1. The van der Waals surface area contributed by atoms with Gasteiger partial charge in [0.1, 0.15) is 12.4 Å². The van der Waals surface area contributed by atoms with E-state index in [0.717, 1.165) is 30.3 Å². The van der Waals surface area contributed by atoms with E-state index < -0.39 is 0 Å². The lowest BCUT2D eigenvalue weighted by Crippen LogP contribution is -2.16. The maximum Gasteiger partial charge on any atom is 0.119 e. The Balaban J connectivity index is 1.80. The van der Waals surface area contributed by atoms with Crippen molar-refractivity contribution in [3.05, 3.63) is 63.6 Å². The molecule has 0 saturated carbocycles. The summed E-state index contributed by atoms with van der Waals surface area (Å²) in [6.45, 7) is 6.84. The first kappa shape index (κ1) is 18.1. The van der Waals surface area contributed by atoms with E-state index in [9.17, 15) is 0 Å². The van der Waals surface area contributed by atoms with Crippen LogP contribution in [-0.4, -0.2) is 6.54 Å². The van der Waals surface area contributed by atoms with Crippen molar-refractivity contribution in [2.75, 3.05) is 6.54 Å². The predicted octanol–water partition coefficient (Wildman–Crippen LogP) is 5.71. The molecule has 0 aliphatic carbocycles. The third kappa shape index (κ3) is 6.42. The Labute approximate surface area is 148 Å². The molecular weight excluding hydrogens is 329 g/mol. The molecule has 0 heterocycles. The number of ether oxygens (including phenoxy) is 1. The summed E-state index contributed by atoms with van der Waals surface area (Å²) >= 11 is 12.0. The van der Waals surface area contributed by atoms with Crippen molar-refractivity contribution in [2.24, 2.45) is 5.92 Å². The number of benzene rings is 2. The van der Waals surface area contributed by atoms with Gasteiger partial charge in [0.2, 0.25) is 0 Å². The summed E-state index contributed by atoms with van der Waals surface area (Å²) in [5, 5.41) is 4.71. The fourth-order valence-corrected chi connectivity index (χ4v) is 2.59. The van der Waals surface area contributed by atoms with Gasteiger partial charge in [-0.3, -0.25) is 0 Å². The van der Waals surface area contributed by atoms with Crippen LogP contribution in [-0.2, 0) is 13.2 Å². The van der Waals surface area contributed by atoms with Crippen LogP contribution in [0.3, 0.4) is 0 Å². The van der Waals surface area contributed by atoms with Gasteiger partial charge in [0.25, 0.3) is 0 Å². The average Bonchev–Trinajstić information content (AvgIpc) is 2.52. The van der Waals surface area contributed by atoms with E-state index in [4.69, 9.17) is 27.9 Å². The van der Waals surface area contributed by atoms with Crippen molar-refractivity contribution in [2.45, 2.75) is 33.4 Å². The highest BCUT2D eigenvalue weighted by atomic mass is 35.5. The summed E-state index contributed by atoms with van der Waals surface area (Å²) in [6, 6.07) is 13.6. The number of halogens is 2. The topological polar surface area (TPSA) is 21.3 Å². The van der Waals surface area contributed by atoms with E-state index in [-0.39, 0.29) is 0 Å². The standard InChI is InChI=1S/C19H23Cl2NO/c1-14(2)9-10-22-12-15-3-7-18(8-4-15)23-13-16-5-6-17(20)11-19(16)21/h3-8,11,14,22H,9-10,12-13H2,1-2H3. The lowest BCUT2D eigenvalue weighted by molar-refractivity contribution is 0.306. The molecular formula is C19H23Cl2NO. The molecule has 0 aliphatic rings. The van der Waals surface area contributed by atoms with Gasteiger partial charge < -0.3 is 10.1 Å². The predicted molar refractivity (Wildman–Crippen MR) is 98.4 cm³/mol. The molecule has 124 valence electrons. The van der Waals surface area contributed by atoms with Crippen LogP contribution in [0, 0.1) is 5.92 Å². The van der Waals surface area contributed by atoms with Gasteiger partial charge >= 0.3 is 0 Å². The van der Waals surface area contributed by atoms with Crippen molar-refractivity contribution < 1.29 is 4.74 Å². The second kappa shape index (κ2) is 9.17. The molecule has 0 aliphatic heterocycles. The van der Waals surface area contributed by atoms with E-state index in [2.05, 4.69) is 31.3 Å². The van der Waals surface area contributed by atoms with Crippen molar-refractivity contribution in [3.63, 3.8) is 0 Å². The zero-order chi connectivity index (χ0) is 16.7. The number of rotatable bonds is 8. The van der Waals surface area contributed by atoms with Crippen molar-refractivity contribution >= 4 is 23.2 Å². The van der Waals surface area contributed by atoms with Crippen LogP contribution in [0.25, 0.3) is 0 Å². The summed E-state index contributed by atoms with van der Waals surface area (Å²) in [5.41, 5.74) is 2.18. The molecule has 0 spiro atoms. The van der Waals surface area contributed by atoms with Gasteiger partial charge in [0.15, 0.2) is 0 Å². The van der Waals surface area contributed by atoms with Crippen LogP contribution in [0.2, 0.25) is 10.0 Å². The minimum atomic E-state index is 0.433. The molecule has 0 aromatic heterocycles. The Morgan fingerprint density at radius 2 is 1.78 bits per heavy atom. The highest BCUT2D eigenvalue weighted by molar-refractivity contribution is 6.35. The van der Waals surface area contributed by atoms with Crippen LogP contribution < -0.4 is 10.1 Å². The quantitative estimate of drug-likeness (QED) is 0.615. The third-order valence-corrected chi connectivity index (χ3v) is 4.15. The molecule has 0 amide bonds. The molecule has 2 aromatic rings. The first-order valence-electron chi connectivity index (χ1n) is 7.91. The van der Waals surface area contributed by atoms with Crippen molar-refractivity contribution in [1.82, 2.24) is 5.32 Å². The molecule has 0 fully saturated rings. The number of nitrogens with one attached hydrogen (secondary N) is 1. The molecule has 2 aromatic carbocycles. The average molecular weight is 352 g/mol. The third-order valence-electron chi connectivity index (χ3n) is 3.56. The Kier molecular flexibility index (Phi) is 7.22. The Morgan fingerprint density at radius 1 is 1.04 bits per heavy atom. The van der Waals surface area contributed by atoms with Gasteiger partial charge in [-0.25, -0.2) is 0 Å². The molecule has 0 radical (unpaired) electrons. The zero-order valence-electron chi connectivity index (χ0n) is 13.6. The Bertz CT molecular complexity index is 611. The minimum absolute atomic E-state index is 0.433.